The molecule has 2 aromatic rings. The lowest BCUT2D eigenvalue weighted by atomic mass is 9.87. The molecular formula is C20H23N3O4S. The molecule has 0 radical (unpaired) electrons. The highest BCUT2D eigenvalue weighted by Crippen LogP contribution is 2.28. The van der Waals surface area contributed by atoms with Crippen LogP contribution in [0.1, 0.15) is 38.8 Å². The number of carbonyl (C=O) groups is 2. The number of nitrogens with one attached hydrogen (secondary N) is 3. The van der Waals surface area contributed by atoms with E-state index in [1.165, 1.54) is 6.07 Å². The third-order valence-electron chi connectivity index (χ3n) is 4.77. The summed E-state index contributed by atoms with van der Waals surface area (Å²) in [5, 5.41) is 4.75. The van der Waals surface area contributed by atoms with Crippen LogP contribution in [0, 0.1) is 0 Å². The quantitative estimate of drug-likeness (QED) is 0.685. The predicted octanol–water partition coefficient (Wildman–Crippen LogP) is 2.84. The number of rotatable bonds is 4. The smallest absolute Gasteiger partial charge is 0.320 e. The summed E-state index contributed by atoms with van der Waals surface area (Å²) in [7, 11) is -3.80. The topological polar surface area (TPSA) is 104 Å². The lowest BCUT2D eigenvalue weighted by Crippen LogP contribution is -2.40. The van der Waals surface area contributed by atoms with Crippen molar-refractivity contribution in [2.45, 2.75) is 43.5 Å². The van der Waals surface area contributed by atoms with Crippen molar-refractivity contribution in [3.05, 3.63) is 59.7 Å². The van der Waals surface area contributed by atoms with Gasteiger partial charge in [0.1, 0.15) is 5.54 Å². The summed E-state index contributed by atoms with van der Waals surface area (Å²) in [4.78, 5) is 23.7. The second kappa shape index (κ2) is 6.63. The zero-order valence-corrected chi connectivity index (χ0v) is 17.0. The average molecular weight is 401 g/mol. The Morgan fingerprint density at radius 2 is 1.64 bits per heavy atom. The van der Waals surface area contributed by atoms with Crippen LogP contribution < -0.4 is 15.4 Å². The molecular weight excluding hydrogens is 378 g/mol. The van der Waals surface area contributed by atoms with E-state index in [1.807, 2.05) is 0 Å². The second-order valence-electron chi connectivity index (χ2n) is 7.99. The monoisotopic (exact) mass is 401 g/mol. The molecule has 0 aliphatic carbocycles. The maximum Gasteiger partial charge on any atom is 0.322 e. The Hall–Kier alpha value is -2.87. The Bertz CT molecular complexity index is 1040. The van der Waals surface area contributed by atoms with Gasteiger partial charge in [-0.2, -0.15) is 0 Å². The summed E-state index contributed by atoms with van der Waals surface area (Å²) in [6, 6.07) is 12.5. The van der Waals surface area contributed by atoms with E-state index in [4.69, 9.17) is 0 Å². The molecule has 1 aliphatic rings. The van der Waals surface area contributed by atoms with Crippen molar-refractivity contribution in [3.8, 4) is 0 Å². The van der Waals surface area contributed by atoms with Crippen LogP contribution in [0.25, 0.3) is 0 Å². The Morgan fingerprint density at radius 1 is 1.00 bits per heavy atom. The molecule has 1 atom stereocenters. The number of hydrogen-bond acceptors (Lipinski definition) is 4. The van der Waals surface area contributed by atoms with Crippen molar-refractivity contribution in [2.24, 2.45) is 0 Å². The first-order valence-electron chi connectivity index (χ1n) is 8.79. The van der Waals surface area contributed by atoms with Crippen LogP contribution in [0.3, 0.4) is 0 Å². The molecule has 0 saturated carbocycles. The molecule has 1 saturated heterocycles. The van der Waals surface area contributed by atoms with E-state index < -0.39 is 27.5 Å². The van der Waals surface area contributed by atoms with Gasteiger partial charge in [-0.3, -0.25) is 14.8 Å². The summed E-state index contributed by atoms with van der Waals surface area (Å²) in [6.45, 7) is 7.72. The largest absolute Gasteiger partial charge is 0.322 e. The molecule has 1 fully saturated rings. The Morgan fingerprint density at radius 3 is 2.18 bits per heavy atom. The number of hydrogen-bond donors (Lipinski definition) is 3. The van der Waals surface area contributed by atoms with Crippen LogP contribution in [0.5, 0.6) is 0 Å². The van der Waals surface area contributed by atoms with Crippen LogP contribution in [-0.4, -0.2) is 20.4 Å². The number of anilines is 1. The molecule has 0 spiro atoms. The van der Waals surface area contributed by atoms with Crippen LogP contribution in [0.2, 0.25) is 0 Å². The minimum Gasteiger partial charge on any atom is -0.320 e. The standard InChI is InChI=1S/C20H23N3O4S/c1-19(2,3)13-8-10-16(11-9-13)28(26,27)23-15-7-5-6-14(12-15)20(4)17(24)21-18(25)22-20/h5-12,23H,1-4H3,(H2,21,22,24,25). The molecule has 148 valence electrons. The lowest BCUT2D eigenvalue weighted by Gasteiger charge is -2.22. The fourth-order valence-electron chi connectivity index (χ4n) is 2.99. The minimum absolute atomic E-state index is 0.0776. The fourth-order valence-corrected chi connectivity index (χ4v) is 4.04. The lowest BCUT2D eigenvalue weighted by molar-refractivity contribution is -0.123. The molecule has 0 bridgehead atoms. The summed E-state index contributed by atoms with van der Waals surface area (Å²) < 4.78 is 28.0. The van der Waals surface area contributed by atoms with Gasteiger partial charge in [-0.15, -0.1) is 0 Å². The maximum atomic E-state index is 12.7. The maximum absolute atomic E-state index is 12.7. The molecule has 8 heteroatoms. The van der Waals surface area contributed by atoms with Crippen molar-refractivity contribution in [1.82, 2.24) is 10.6 Å². The molecule has 1 unspecified atom stereocenters. The average Bonchev–Trinajstić information content (AvgIpc) is 2.87. The van der Waals surface area contributed by atoms with Gasteiger partial charge in [-0.05, 0) is 47.7 Å². The molecule has 28 heavy (non-hydrogen) atoms. The van der Waals surface area contributed by atoms with Gasteiger partial charge in [0, 0.05) is 5.69 Å². The van der Waals surface area contributed by atoms with Crippen molar-refractivity contribution in [2.75, 3.05) is 4.72 Å². The van der Waals surface area contributed by atoms with E-state index in [0.717, 1.165) is 5.56 Å². The first-order valence-corrected chi connectivity index (χ1v) is 10.3. The second-order valence-corrected chi connectivity index (χ2v) is 9.68. The van der Waals surface area contributed by atoms with Crippen LogP contribution >= 0.6 is 0 Å². The van der Waals surface area contributed by atoms with Gasteiger partial charge in [0.25, 0.3) is 15.9 Å². The van der Waals surface area contributed by atoms with Gasteiger partial charge in [-0.1, -0.05) is 45.0 Å². The van der Waals surface area contributed by atoms with Gasteiger partial charge in [0.05, 0.1) is 4.90 Å². The number of benzene rings is 2. The molecule has 2 aromatic carbocycles. The van der Waals surface area contributed by atoms with Crippen LogP contribution in [-0.2, 0) is 25.8 Å². The number of imide groups is 1. The number of sulfonamides is 1. The molecule has 3 N–H and O–H groups in total. The molecule has 1 aliphatic heterocycles. The summed E-state index contributed by atoms with van der Waals surface area (Å²) in [5.74, 6) is -0.490. The van der Waals surface area contributed by atoms with Gasteiger partial charge in [-0.25, -0.2) is 13.2 Å². The first-order chi connectivity index (χ1) is 12.9. The van der Waals surface area contributed by atoms with E-state index in [-0.39, 0.29) is 10.3 Å². The highest BCUT2D eigenvalue weighted by Gasteiger charge is 2.43. The molecule has 3 rings (SSSR count). The van der Waals surface area contributed by atoms with E-state index in [0.29, 0.717) is 11.3 Å². The zero-order chi connectivity index (χ0) is 20.7. The fraction of sp³-hybridized carbons (Fsp3) is 0.300. The van der Waals surface area contributed by atoms with Crippen molar-refractivity contribution >= 4 is 27.6 Å². The van der Waals surface area contributed by atoms with Gasteiger partial charge < -0.3 is 5.32 Å². The van der Waals surface area contributed by atoms with Gasteiger partial charge in [0.2, 0.25) is 0 Å². The van der Waals surface area contributed by atoms with Crippen molar-refractivity contribution in [3.63, 3.8) is 0 Å². The highest BCUT2D eigenvalue weighted by molar-refractivity contribution is 7.92. The minimum atomic E-state index is -3.80. The molecule has 1 heterocycles. The van der Waals surface area contributed by atoms with E-state index in [1.54, 1.807) is 49.4 Å². The number of carbonyl (C=O) groups excluding carboxylic acids is 2. The third-order valence-corrected chi connectivity index (χ3v) is 6.16. The summed E-state index contributed by atoms with van der Waals surface area (Å²) in [5.41, 5.74) is 0.467. The summed E-state index contributed by atoms with van der Waals surface area (Å²) in [6.07, 6.45) is 0. The SMILES string of the molecule is CC(C)(C)c1ccc(S(=O)(=O)Nc2cccc(C3(C)NC(=O)NC3=O)c2)cc1. The Labute approximate surface area is 164 Å². The molecule has 3 amide bonds. The van der Waals surface area contributed by atoms with E-state index >= 15 is 0 Å². The van der Waals surface area contributed by atoms with Crippen molar-refractivity contribution in [1.29, 1.82) is 0 Å². The van der Waals surface area contributed by atoms with Crippen molar-refractivity contribution < 1.29 is 18.0 Å². The number of urea groups is 1. The van der Waals surface area contributed by atoms with Gasteiger partial charge in [0.15, 0.2) is 0 Å². The van der Waals surface area contributed by atoms with E-state index in [9.17, 15) is 18.0 Å². The van der Waals surface area contributed by atoms with E-state index in [2.05, 4.69) is 36.1 Å². The predicted molar refractivity (Wildman–Crippen MR) is 106 cm³/mol. The number of amides is 3. The Kier molecular flexibility index (Phi) is 4.71. The Balaban J connectivity index is 1.87. The van der Waals surface area contributed by atoms with Crippen LogP contribution in [0.15, 0.2) is 53.4 Å². The third kappa shape index (κ3) is 3.73. The zero-order valence-electron chi connectivity index (χ0n) is 16.2. The summed E-state index contributed by atoms with van der Waals surface area (Å²) >= 11 is 0. The van der Waals surface area contributed by atoms with Gasteiger partial charge >= 0.3 is 6.03 Å². The highest BCUT2D eigenvalue weighted by atomic mass is 32.2. The molecule has 0 aromatic heterocycles. The van der Waals surface area contributed by atoms with Crippen LogP contribution in [0.4, 0.5) is 10.5 Å². The first kappa shape index (κ1) is 19.9. The molecule has 7 nitrogen and oxygen atoms in total. The normalized spacial score (nSPS) is 19.9.